The Morgan fingerprint density at radius 2 is 0.917 bits per heavy atom. The Morgan fingerprint density at radius 1 is 0.542 bits per heavy atom. The van der Waals surface area contributed by atoms with E-state index < -0.39 is 0 Å². The lowest BCUT2D eigenvalue weighted by atomic mass is 10.0. The van der Waals surface area contributed by atoms with Crippen molar-refractivity contribution in [1.82, 2.24) is 5.32 Å². The largest absolute Gasteiger partial charge is 0.356 e. The van der Waals surface area contributed by atoms with Crippen molar-refractivity contribution < 1.29 is 4.79 Å². The van der Waals surface area contributed by atoms with Crippen LogP contribution in [0.15, 0.2) is 0 Å². The Bertz CT molecular complexity index is 252. The first-order valence-corrected chi connectivity index (χ1v) is 11.1. The number of nitrogens with one attached hydrogen (secondary N) is 1. The Morgan fingerprint density at radius 3 is 1.38 bits per heavy atom. The van der Waals surface area contributed by atoms with Crippen LogP contribution in [0.1, 0.15) is 129 Å². The van der Waals surface area contributed by atoms with Crippen LogP contribution in [0.3, 0.4) is 0 Å². The first kappa shape index (κ1) is 23.5. The zero-order valence-electron chi connectivity index (χ0n) is 16.8. The lowest BCUT2D eigenvalue weighted by molar-refractivity contribution is -0.121. The number of amides is 1. The van der Waals surface area contributed by atoms with Crippen molar-refractivity contribution in [3.8, 4) is 0 Å². The van der Waals surface area contributed by atoms with Gasteiger partial charge in [-0.25, -0.2) is 0 Å². The molecule has 0 aromatic heterocycles. The molecule has 0 aliphatic heterocycles. The van der Waals surface area contributed by atoms with Gasteiger partial charge in [-0.3, -0.25) is 4.79 Å². The minimum atomic E-state index is 0.248. The van der Waals surface area contributed by atoms with Crippen LogP contribution < -0.4 is 5.32 Å². The van der Waals surface area contributed by atoms with E-state index in [1.165, 1.54) is 96.3 Å². The van der Waals surface area contributed by atoms with Crippen LogP contribution in [0.25, 0.3) is 0 Å². The molecule has 0 aliphatic carbocycles. The van der Waals surface area contributed by atoms with E-state index in [0.29, 0.717) is 6.42 Å². The number of hydrogen-bond acceptors (Lipinski definition) is 1. The summed E-state index contributed by atoms with van der Waals surface area (Å²) in [7, 11) is 0. The molecule has 0 bridgehead atoms. The van der Waals surface area contributed by atoms with E-state index in [2.05, 4.69) is 19.2 Å². The number of carbonyl (C=O) groups excluding carboxylic acids is 1. The van der Waals surface area contributed by atoms with Crippen molar-refractivity contribution in [2.75, 3.05) is 6.54 Å². The molecule has 1 N–H and O–H groups in total. The molecule has 0 atom stereocenters. The van der Waals surface area contributed by atoms with Crippen LogP contribution in [-0.2, 0) is 4.79 Å². The highest BCUT2D eigenvalue weighted by Gasteiger charge is 1.99. The summed E-state index contributed by atoms with van der Waals surface area (Å²) < 4.78 is 0. The molecule has 0 aliphatic rings. The third-order valence-electron chi connectivity index (χ3n) is 4.86. The summed E-state index contributed by atoms with van der Waals surface area (Å²) in [6.45, 7) is 5.33. The molecule has 24 heavy (non-hydrogen) atoms. The van der Waals surface area contributed by atoms with Gasteiger partial charge in [0.25, 0.3) is 0 Å². The molecule has 0 spiro atoms. The van der Waals surface area contributed by atoms with E-state index in [-0.39, 0.29) is 5.91 Å². The summed E-state index contributed by atoms with van der Waals surface area (Å²) in [6, 6.07) is 0. The van der Waals surface area contributed by atoms with Gasteiger partial charge in [0.1, 0.15) is 0 Å². The van der Waals surface area contributed by atoms with E-state index in [4.69, 9.17) is 0 Å². The van der Waals surface area contributed by atoms with Gasteiger partial charge in [-0.15, -0.1) is 0 Å². The minimum Gasteiger partial charge on any atom is -0.356 e. The fourth-order valence-corrected chi connectivity index (χ4v) is 3.17. The smallest absolute Gasteiger partial charge is 0.219 e. The van der Waals surface area contributed by atoms with Gasteiger partial charge in [-0.1, -0.05) is 110 Å². The van der Waals surface area contributed by atoms with Gasteiger partial charge in [0.15, 0.2) is 0 Å². The van der Waals surface area contributed by atoms with E-state index in [1.54, 1.807) is 0 Å². The van der Waals surface area contributed by atoms with E-state index in [0.717, 1.165) is 19.4 Å². The van der Waals surface area contributed by atoms with E-state index >= 15 is 0 Å². The van der Waals surface area contributed by atoms with Crippen LogP contribution in [0.5, 0.6) is 0 Å². The highest BCUT2D eigenvalue weighted by atomic mass is 16.1. The zero-order chi connectivity index (χ0) is 17.7. The predicted molar refractivity (Wildman–Crippen MR) is 107 cm³/mol. The minimum absolute atomic E-state index is 0.248. The zero-order valence-corrected chi connectivity index (χ0v) is 16.8. The van der Waals surface area contributed by atoms with Gasteiger partial charge in [0.05, 0.1) is 0 Å². The van der Waals surface area contributed by atoms with Gasteiger partial charge in [0.2, 0.25) is 5.91 Å². The van der Waals surface area contributed by atoms with E-state index in [1.807, 2.05) is 0 Å². The Balaban J connectivity index is 3.06. The molecular formula is C22H45NO. The lowest BCUT2D eigenvalue weighted by Crippen LogP contribution is -2.23. The van der Waals surface area contributed by atoms with E-state index in [9.17, 15) is 4.79 Å². The topological polar surface area (TPSA) is 29.1 Å². The molecule has 1 amide bonds. The van der Waals surface area contributed by atoms with Crippen molar-refractivity contribution in [1.29, 1.82) is 0 Å². The summed E-state index contributed by atoms with van der Waals surface area (Å²) in [4.78, 5) is 11.5. The number of rotatable bonds is 19. The highest BCUT2D eigenvalue weighted by Crippen LogP contribution is 2.12. The molecule has 0 unspecified atom stereocenters. The van der Waals surface area contributed by atoms with Gasteiger partial charge in [-0.2, -0.15) is 0 Å². The average molecular weight is 340 g/mol. The number of unbranched alkanes of at least 4 members (excludes halogenated alkanes) is 15. The average Bonchev–Trinajstić information content (AvgIpc) is 2.58. The third-order valence-corrected chi connectivity index (χ3v) is 4.86. The monoisotopic (exact) mass is 339 g/mol. The first-order chi connectivity index (χ1) is 11.8. The van der Waals surface area contributed by atoms with Crippen molar-refractivity contribution in [2.45, 2.75) is 129 Å². The number of carbonyl (C=O) groups is 1. The van der Waals surface area contributed by atoms with Crippen LogP contribution >= 0.6 is 0 Å². The van der Waals surface area contributed by atoms with Crippen LogP contribution in [0.4, 0.5) is 0 Å². The van der Waals surface area contributed by atoms with Crippen molar-refractivity contribution in [3.05, 3.63) is 0 Å². The second-order valence-electron chi connectivity index (χ2n) is 7.40. The molecule has 2 nitrogen and oxygen atoms in total. The summed E-state index contributed by atoms with van der Waals surface area (Å²) in [6.07, 6.45) is 23.5. The van der Waals surface area contributed by atoms with Gasteiger partial charge < -0.3 is 5.32 Å². The lowest BCUT2D eigenvalue weighted by Gasteiger charge is -2.05. The van der Waals surface area contributed by atoms with Crippen LogP contribution in [-0.4, -0.2) is 12.5 Å². The summed E-state index contributed by atoms with van der Waals surface area (Å²) in [5.41, 5.74) is 0. The van der Waals surface area contributed by atoms with Gasteiger partial charge in [-0.05, 0) is 12.8 Å². The third kappa shape index (κ3) is 19.5. The summed E-state index contributed by atoms with van der Waals surface area (Å²) in [5.74, 6) is 0.248. The predicted octanol–water partition coefficient (Wildman–Crippen LogP) is 7.16. The second kappa shape index (κ2) is 20.5. The first-order valence-electron chi connectivity index (χ1n) is 11.1. The molecular weight excluding hydrogens is 294 g/mol. The molecule has 0 saturated carbocycles. The van der Waals surface area contributed by atoms with Crippen LogP contribution in [0, 0.1) is 0 Å². The standard InChI is InChI=1S/C22H45NO/c1-3-5-7-8-9-10-11-12-13-14-15-16-17-19-21-23-22(24)20-18-6-4-2/h3-21H2,1-2H3,(H,23,24). The van der Waals surface area contributed by atoms with Gasteiger partial charge >= 0.3 is 0 Å². The quantitative estimate of drug-likeness (QED) is 0.248. The van der Waals surface area contributed by atoms with Crippen molar-refractivity contribution in [3.63, 3.8) is 0 Å². The second-order valence-corrected chi connectivity index (χ2v) is 7.40. The van der Waals surface area contributed by atoms with Crippen molar-refractivity contribution >= 4 is 5.91 Å². The fourth-order valence-electron chi connectivity index (χ4n) is 3.17. The fraction of sp³-hybridized carbons (Fsp3) is 0.955. The molecule has 0 rings (SSSR count). The molecule has 0 aromatic rings. The summed E-state index contributed by atoms with van der Waals surface area (Å²) >= 11 is 0. The molecule has 0 aromatic carbocycles. The highest BCUT2D eigenvalue weighted by molar-refractivity contribution is 5.75. The molecule has 0 saturated heterocycles. The molecule has 0 heterocycles. The molecule has 2 heteroatoms. The molecule has 0 fully saturated rings. The Labute approximate surface area is 152 Å². The summed E-state index contributed by atoms with van der Waals surface area (Å²) in [5, 5.41) is 3.05. The SMILES string of the molecule is CCCCCCCCCCCCCCCCNC(=O)CCCCC. The Hall–Kier alpha value is -0.530. The molecule has 144 valence electrons. The van der Waals surface area contributed by atoms with Gasteiger partial charge in [0, 0.05) is 13.0 Å². The maximum absolute atomic E-state index is 11.5. The maximum Gasteiger partial charge on any atom is 0.219 e. The van der Waals surface area contributed by atoms with Crippen LogP contribution in [0.2, 0.25) is 0 Å². The Kier molecular flexibility index (Phi) is 20.1. The normalized spacial score (nSPS) is 10.9. The number of hydrogen-bond donors (Lipinski definition) is 1. The van der Waals surface area contributed by atoms with Crippen molar-refractivity contribution in [2.24, 2.45) is 0 Å². The molecule has 0 radical (unpaired) electrons. The maximum atomic E-state index is 11.5.